The predicted octanol–water partition coefficient (Wildman–Crippen LogP) is 8.53. The molecule has 0 N–H and O–H groups in total. The van der Waals surface area contributed by atoms with Crippen LogP contribution in [0, 0.1) is 0 Å². The summed E-state index contributed by atoms with van der Waals surface area (Å²) in [6, 6.07) is 44.7. The fourth-order valence-electron chi connectivity index (χ4n) is 4.75. The third kappa shape index (κ3) is 4.98. The van der Waals surface area contributed by atoms with E-state index in [1.165, 1.54) is 0 Å². The molecule has 192 valence electrons. The molecule has 0 aromatic heterocycles. The van der Waals surface area contributed by atoms with E-state index in [-0.39, 0.29) is 11.5 Å². The number of ether oxygens (including phenoxy) is 2. The summed E-state index contributed by atoms with van der Waals surface area (Å²) in [4.78, 5) is 27.0. The van der Waals surface area contributed by atoms with Crippen LogP contribution >= 0.6 is 0 Å². The zero-order chi connectivity index (χ0) is 27.3. The maximum Gasteiger partial charge on any atom is 0.343 e. The van der Waals surface area contributed by atoms with Gasteiger partial charge in [0, 0.05) is 11.1 Å². The summed E-state index contributed by atoms with van der Waals surface area (Å²) < 4.78 is 12.4. The topological polar surface area (TPSA) is 52.6 Å². The van der Waals surface area contributed by atoms with E-state index in [0.29, 0.717) is 22.3 Å². The summed E-state index contributed by atoms with van der Waals surface area (Å²) in [7, 11) is 0. The highest BCUT2D eigenvalue weighted by molar-refractivity contribution is 6.08. The van der Waals surface area contributed by atoms with Gasteiger partial charge < -0.3 is 9.47 Å². The van der Waals surface area contributed by atoms with Gasteiger partial charge in [-0.25, -0.2) is 9.59 Å². The number of esters is 2. The number of fused-ring (bicyclic) bond motifs is 2. The fourth-order valence-corrected chi connectivity index (χ4v) is 4.75. The maximum absolute atomic E-state index is 13.5. The molecule has 0 aliphatic carbocycles. The average molecular weight is 521 g/mol. The summed E-state index contributed by atoms with van der Waals surface area (Å²) in [6.45, 7) is 0. The molecule has 0 bridgehead atoms. The smallest absolute Gasteiger partial charge is 0.343 e. The zero-order valence-electron chi connectivity index (χ0n) is 21.5. The molecule has 6 aromatic carbocycles. The molecule has 40 heavy (non-hydrogen) atoms. The Morgan fingerprint density at radius 3 is 1.15 bits per heavy atom. The molecule has 0 aliphatic heterocycles. The van der Waals surface area contributed by atoms with E-state index in [1.54, 1.807) is 48.5 Å². The van der Waals surface area contributed by atoms with E-state index in [2.05, 4.69) is 0 Å². The molecule has 0 aliphatic rings. The Morgan fingerprint density at radius 1 is 0.375 bits per heavy atom. The molecule has 0 saturated heterocycles. The Hall–Kier alpha value is -5.48. The number of hydrogen-bond donors (Lipinski definition) is 0. The number of carbonyl (C=O) groups excluding carboxylic acids is 2. The minimum absolute atomic E-state index is 0.159. The Kier molecular flexibility index (Phi) is 6.89. The Morgan fingerprint density at radius 2 is 0.725 bits per heavy atom. The largest absolute Gasteiger partial charge is 0.418 e. The van der Waals surface area contributed by atoms with Crippen LogP contribution < -0.4 is 0 Å². The summed E-state index contributed by atoms with van der Waals surface area (Å²) in [5.41, 5.74) is 2.02. The fraction of sp³-hybridized carbons (Fsp3) is 0. The van der Waals surface area contributed by atoms with E-state index in [1.807, 2.05) is 97.1 Å². The number of rotatable bonds is 6. The summed E-state index contributed by atoms with van der Waals surface area (Å²) in [5, 5.41) is 3.63. The molecule has 4 nitrogen and oxygen atoms in total. The second-order valence-corrected chi connectivity index (χ2v) is 9.22. The van der Waals surface area contributed by atoms with Gasteiger partial charge in [-0.3, -0.25) is 0 Å². The van der Waals surface area contributed by atoms with E-state index in [0.717, 1.165) is 21.5 Å². The quantitative estimate of drug-likeness (QED) is 0.125. The van der Waals surface area contributed by atoms with Crippen molar-refractivity contribution in [2.45, 2.75) is 0 Å². The Bertz CT molecular complexity index is 1720. The molecule has 0 amide bonds. The first-order valence-electron chi connectivity index (χ1n) is 12.9. The molecular formula is C36H24O4. The second-order valence-electron chi connectivity index (χ2n) is 9.22. The molecule has 0 fully saturated rings. The van der Waals surface area contributed by atoms with Crippen LogP contribution in [0.4, 0.5) is 0 Å². The average Bonchev–Trinajstić information content (AvgIpc) is 3.03. The number of carbonyl (C=O) groups is 2. The predicted molar refractivity (Wildman–Crippen MR) is 158 cm³/mol. The van der Waals surface area contributed by atoms with Crippen molar-refractivity contribution in [1.29, 1.82) is 0 Å². The van der Waals surface area contributed by atoms with E-state index in [4.69, 9.17) is 9.47 Å². The first-order chi connectivity index (χ1) is 19.7. The number of hydrogen-bond acceptors (Lipinski definition) is 4. The van der Waals surface area contributed by atoms with Crippen LogP contribution in [0.3, 0.4) is 0 Å². The Labute approximate surface area is 231 Å². The lowest BCUT2D eigenvalue weighted by Gasteiger charge is -2.19. The van der Waals surface area contributed by atoms with Gasteiger partial charge in [-0.2, -0.15) is 0 Å². The third-order valence-corrected chi connectivity index (χ3v) is 6.68. The van der Waals surface area contributed by atoms with Crippen molar-refractivity contribution in [3.8, 4) is 0 Å². The minimum Gasteiger partial charge on any atom is -0.418 e. The molecule has 6 aromatic rings. The molecule has 0 saturated carbocycles. The van der Waals surface area contributed by atoms with Gasteiger partial charge in [0.2, 0.25) is 0 Å². The van der Waals surface area contributed by atoms with Crippen molar-refractivity contribution in [3.63, 3.8) is 0 Å². The van der Waals surface area contributed by atoms with Crippen molar-refractivity contribution in [3.05, 3.63) is 168 Å². The zero-order valence-corrected chi connectivity index (χ0v) is 21.5. The molecule has 4 heteroatoms. The van der Waals surface area contributed by atoms with Gasteiger partial charge in [0.25, 0.3) is 0 Å². The highest BCUT2D eigenvalue weighted by Crippen LogP contribution is 2.37. The van der Waals surface area contributed by atoms with Crippen molar-refractivity contribution >= 4 is 45.0 Å². The van der Waals surface area contributed by atoms with Gasteiger partial charge >= 0.3 is 11.9 Å². The van der Waals surface area contributed by atoms with Gasteiger partial charge in [0.1, 0.15) is 0 Å². The van der Waals surface area contributed by atoms with Crippen LogP contribution in [0.2, 0.25) is 0 Å². The summed E-state index contributed by atoms with van der Waals surface area (Å²) in [5.74, 6) is -0.799. The summed E-state index contributed by atoms with van der Waals surface area (Å²) in [6.07, 6.45) is 0. The van der Waals surface area contributed by atoms with Gasteiger partial charge in [-0.1, -0.05) is 121 Å². The lowest BCUT2D eigenvalue weighted by atomic mass is 9.98. The van der Waals surface area contributed by atoms with Gasteiger partial charge in [0.15, 0.2) is 11.5 Å². The lowest BCUT2D eigenvalue weighted by molar-refractivity contribution is 0.0647. The van der Waals surface area contributed by atoms with Crippen LogP contribution in [0.5, 0.6) is 0 Å². The molecule has 6 rings (SSSR count). The van der Waals surface area contributed by atoms with E-state index in [9.17, 15) is 9.59 Å². The van der Waals surface area contributed by atoms with Crippen LogP contribution in [0.15, 0.2) is 146 Å². The van der Waals surface area contributed by atoms with Crippen molar-refractivity contribution in [1.82, 2.24) is 0 Å². The van der Waals surface area contributed by atoms with Gasteiger partial charge in [0.05, 0.1) is 11.1 Å². The van der Waals surface area contributed by atoms with E-state index >= 15 is 0 Å². The maximum atomic E-state index is 13.5. The van der Waals surface area contributed by atoms with Gasteiger partial charge in [-0.15, -0.1) is 0 Å². The highest BCUT2D eigenvalue weighted by Gasteiger charge is 2.25. The standard InChI is InChI=1S/C36H24O4/c37-35(27-15-3-1-4-16-27)39-33(31-23-11-19-25-13-7-9-21-29(25)31)34(40-36(38)28-17-5-2-6-18-28)32-24-12-20-26-14-8-10-22-30(26)32/h1-24H. The molecular weight excluding hydrogens is 496 g/mol. The normalized spacial score (nSPS) is 11.6. The van der Waals surface area contributed by atoms with Crippen LogP contribution in [-0.4, -0.2) is 11.9 Å². The second kappa shape index (κ2) is 11.1. The molecule has 0 spiro atoms. The van der Waals surface area contributed by atoms with E-state index < -0.39 is 11.9 Å². The lowest BCUT2D eigenvalue weighted by Crippen LogP contribution is -2.11. The van der Waals surface area contributed by atoms with Crippen molar-refractivity contribution in [2.75, 3.05) is 0 Å². The highest BCUT2D eigenvalue weighted by atomic mass is 16.6. The van der Waals surface area contributed by atoms with Gasteiger partial charge in [-0.05, 0) is 45.8 Å². The first kappa shape index (κ1) is 24.8. The van der Waals surface area contributed by atoms with Crippen molar-refractivity contribution in [2.24, 2.45) is 0 Å². The van der Waals surface area contributed by atoms with Crippen LogP contribution in [0.25, 0.3) is 33.1 Å². The first-order valence-corrected chi connectivity index (χ1v) is 12.9. The molecule has 0 heterocycles. The SMILES string of the molecule is O=C(OC(=C(OC(=O)c1ccccc1)c1cccc2ccccc12)c1cccc2ccccc12)c1ccccc1. The van der Waals surface area contributed by atoms with Crippen LogP contribution in [-0.2, 0) is 9.47 Å². The third-order valence-electron chi connectivity index (χ3n) is 6.68. The molecule has 0 atom stereocenters. The monoisotopic (exact) mass is 520 g/mol. The molecule has 0 radical (unpaired) electrons. The molecule has 0 unspecified atom stereocenters. The summed E-state index contributed by atoms with van der Waals surface area (Å²) >= 11 is 0. The van der Waals surface area contributed by atoms with Crippen molar-refractivity contribution < 1.29 is 19.1 Å². The number of benzene rings is 6. The van der Waals surface area contributed by atoms with Crippen LogP contribution in [0.1, 0.15) is 31.8 Å². The Balaban J connectivity index is 1.64. The minimum atomic E-state index is -0.558.